The number of nitrogens with one attached hydrogen (secondary N) is 1. The zero-order valence-electron chi connectivity index (χ0n) is 11.3. The maximum atomic E-state index is 5.33. The van der Waals surface area contributed by atoms with Crippen molar-refractivity contribution in [1.82, 2.24) is 14.9 Å². The molecule has 2 heterocycles. The largest absolute Gasteiger partial charge is 0.380 e. The zero-order chi connectivity index (χ0) is 13.0. The standard InChI is InChI=1S/C14H21N3O/c1-4-15-8-12-10-17(9-11(2)18-3)14-13(12)6-5-7-16-14/h5-7,10-11,15H,4,8-9H2,1-3H3. The number of methoxy groups -OCH3 is 1. The van der Waals surface area contributed by atoms with Crippen LogP contribution in [0.2, 0.25) is 0 Å². The van der Waals surface area contributed by atoms with E-state index in [1.54, 1.807) is 7.11 Å². The fourth-order valence-corrected chi connectivity index (χ4v) is 2.09. The van der Waals surface area contributed by atoms with E-state index in [0.29, 0.717) is 0 Å². The number of fused-ring (bicyclic) bond motifs is 1. The van der Waals surface area contributed by atoms with Gasteiger partial charge >= 0.3 is 0 Å². The van der Waals surface area contributed by atoms with Gasteiger partial charge in [0.25, 0.3) is 0 Å². The summed E-state index contributed by atoms with van der Waals surface area (Å²) in [5.74, 6) is 0. The molecule has 1 unspecified atom stereocenters. The van der Waals surface area contributed by atoms with Gasteiger partial charge in [-0.2, -0.15) is 0 Å². The van der Waals surface area contributed by atoms with Crippen LogP contribution in [0.15, 0.2) is 24.5 Å². The molecule has 0 aliphatic rings. The lowest BCUT2D eigenvalue weighted by Gasteiger charge is -2.10. The van der Waals surface area contributed by atoms with Gasteiger partial charge < -0.3 is 14.6 Å². The molecule has 0 aliphatic heterocycles. The first-order chi connectivity index (χ1) is 8.76. The summed E-state index contributed by atoms with van der Waals surface area (Å²) in [6, 6.07) is 4.12. The average Bonchev–Trinajstić information content (AvgIpc) is 2.75. The Kier molecular flexibility index (Phi) is 4.33. The summed E-state index contributed by atoms with van der Waals surface area (Å²) < 4.78 is 7.51. The molecule has 2 rings (SSSR count). The molecule has 0 aliphatic carbocycles. The van der Waals surface area contributed by atoms with Crippen molar-refractivity contribution in [1.29, 1.82) is 0 Å². The molecule has 4 heteroatoms. The first kappa shape index (κ1) is 13.1. The molecule has 0 spiro atoms. The van der Waals surface area contributed by atoms with Crippen molar-refractivity contribution < 1.29 is 4.74 Å². The van der Waals surface area contributed by atoms with E-state index in [1.807, 2.05) is 12.3 Å². The van der Waals surface area contributed by atoms with Crippen LogP contribution in [0.5, 0.6) is 0 Å². The molecule has 0 radical (unpaired) electrons. The number of aromatic nitrogens is 2. The Bertz CT molecular complexity index is 507. The minimum absolute atomic E-state index is 0.189. The highest BCUT2D eigenvalue weighted by Crippen LogP contribution is 2.19. The highest BCUT2D eigenvalue weighted by molar-refractivity contribution is 5.80. The van der Waals surface area contributed by atoms with Gasteiger partial charge in [-0.3, -0.25) is 0 Å². The monoisotopic (exact) mass is 247 g/mol. The smallest absolute Gasteiger partial charge is 0.140 e. The minimum Gasteiger partial charge on any atom is -0.380 e. The third kappa shape index (κ3) is 2.71. The third-order valence-electron chi connectivity index (χ3n) is 3.14. The van der Waals surface area contributed by atoms with Crippen LogP contribution < -0.4 is 5.32 Å². The summed E-state index contributed by atoms with van der Waals surface area (Å²) in [6.45, 7) is 6.87. The van der Waals surface area contributed by atoms with Gasteiger partial charge in [0, 0.05) is 38.0 Å². The second-order valence-corrected chi connectivity index (χ2v) is 4.51. The van der Waals surface area contributed by atoms with E-state index >= 15 is 0 Å². The number of rotatable bonds is 6. The van der Waals surface area contributed by atoms with Gasteiger partial charge in [0.2, 0.25) is 0 Å². The maximum Gasteiger partial charge on any atom is 0.140 e. The third-order valence-corrected chi connectivity index (χ3v) is 3.14. The molecule has 98 valence electrons. The van der Waals surface area contributed by atoms with Gasteiger partial charge in [0.1, 0.15) is 5.65 Å². The van der Waals surface area contributed by atoms with Gasteiger partial charge in [-0.15, -0.1) is 0 Å². The van der Waals surface area contributed by atoms with Gasteiger partial charge in [-0.25, -0.2) is 4.98 Å². The van der Waals surface area contributed by atoms with E-state index in [1.165, 1.54) is 10.9 Å². The average molecular weight is 247 g/mol. The number of pyridine rings is 1. The maximum absolute atomic E-state index is 5.33. The Morgan fingerprint density at radius 1 is 1.50 bits per heavy atom. The summed E-state index contributed by atoms with van der Waals surface area (Å²) in [4.78, 5) is 4.48. The second-order valence-electron chi connectivity index (χ2n) is 4.51. The van der Waals surface area contributed by atoms with Gasteiger partial charge in [-0.05, 0) is 31.2 Å². The number of hydrogen-bond acceptors (Lipinski definition) is 3. The van der Waals surface area contributed by atoms with Crippen LogP contribution in [0.1, 0.15) is 19.4 Å². The van der Waals surface area contributed by atoms with E-state index in [4.69, 9.17) is 4.74 Å². The molecule has 4 nitrogen and oxygen atoms in total. The molecule has 18 heavy (non-hydrogen) atoms. The lowest BCUT2D eigenvalue weighted by atomic mass is 10.2. The van der Waals surface area contributed by atoms with Crippen molar-refractivity contribution in [2.45, 2.75) is 33.0 Å². The minimum atomic E-state index is 0.189. The van der Waals surface area contributed by atoms with Crippen LogP contribution in [-0.4, -0.2) is 29.3 Å². The zero-order valence-corrected chi connectivity index (χ0v) is 11.3. The van der Waals surface area contributed by atoms with Crippen LogP contribution in [0, 0.1) is 0 Å². The summed E-state index contributed by atoms with van der Waals surface area (Å²) in [5, 5.41) is 4.59. The molecule has 0 saturated heterocycles. The van der Waals surface area contributed by atoms with Crippen molar-refractivity contribution in [2.75, 3.05) is 13.7 Å². The van der Waals surface area contributed by atoms with Gasteiger partial charge in [0.15, 0.2) is 0 Å². The van der Waals surface area contributed by atoms with Gasteiger partial charge in [0.05, 0.1) is 6.10 Å². The van der Waals surface area contributed by atoms with Crippen LogP contribution in [0.4, 0.5) is 0 Å². The van der Waals surface area contributed by atoms with E-state index in [2.05, 4.69) is 41.0 Å². The van der Waals surface area contributed by atoms with Crippen LogP contribution >= 0.6 is 0 Å². The normalized spacial score (nSPS) is 13.1. The molecule has 0 saturated carbocycles. The fraction of sp³-hybridized carbons (Fsp3) is 0.500. The van der Waals surface area contributed by atoms with Crippen molar-refractivity contribution >= 4 is 11.0 Å². The quantitative estimate of drug-likeness (QED) is 0.850. The van der Waals surface area contributed by atoms with Crippen molar-refractivity contribution in [3.63, 3.8) is 0 Å². The Hall–Kier alpha value is -1.39. The predicted molar refractivity (Wildman–Crippen MR) is 73.6 cm³/mol. The number of nitrogens with zero attached hydrogens (tertiary/aromatic N) is 2. The number of ether oxygens (including phenoxy) is 1. The van der Waals surface area contributed by atoms with Crippen LogP contribution in [-0.2, 0) is 17.8 Å². The highest BCUT2D eigenvalue weighted by Gasteiger charge is 2.10. The summed E-state index contributed by atoms with van der Waals surface area (Å²) in [6.07, 6.45) is 4.21. The molecular weight excluding hydrogens is 226 g/mol. The molecule has 1 atom stereocenters. The fourth-order valence-electron chi connectivity index (χ4n) is 2.09. The van der Waals surface area contributed by atoms with Gasteiger partial charge in [-0.1, -0.05) is 6.92 Å². The Balaban J connectivity index is 2.34. The van der Waals surface area contributed by atoms with Crippen LogP contribution in [0.25, 0.3) is 11.0 Å². The molecular formula is C14H21N3O. The molecule has 2 aromatic rings. The second kappa shape index (κ2) is 5.98. The van der Waals surface area contributed by atoms with Crippen molar-refractivity contribution in [3.8, 4) is 0 Å². The summed E-state index contributed by atoms with van der Waals surface area (Å²) in [7, 11) is 1.74. The lowest BCUT2D eigenvalue weighted by Crippen LogP contribution is -2.14. The topological polar surface area (TPSA) is 39.1 Å². The molecule has 0 fully saturated rings. The number of hydrogen-bond donors (Lipinski definition) is 1. The Labute approximate surface area is 108 Å². The molecule has 2 aromatic heterocycles. The molecule has 1 N–H and O–H groups in total. The molecule has 0 aromatic carbocycles. The molecule has 0 amide bonds. The van der Waals surface area contributed by atoms with E-state index in [9.17, 15) is 0 Å². The summed E-state index contributed by atoms with van der Waals surface area (Å²) in [5.41, 5.74) is 2.33. The van der Waals surface area contributed by atoms with E-state index in [0.717, 1.165) is 25.3 Å². The van der Waals surface area contributed by atoms with Crippen molar-refractivity contribution in [2.24, 2.45) is 0 Å². The van der Waals surface area contributed by atoms with Crippen LogP contribution in [0.3, 0.4) is 0 Å². The SMILES string of the molecule is CCNCc1cn(CC(C)OC)c2ncccc12. The first-order valence-electron chi connectivity index (χ1n) is 6.42. The van der Waals surface area contributed by atoms with E-state index < -0.39 is 0 Å². The lowest BCUT2D eigenvalue weighted by molar-refractivity contribution is 0.104. The summed E-state index contributed by atoms with van der Waals surface area (Å²) >= 11 is 0. The molecule has 0 bridgehead atoms. The Morgan fingerprint density at radius 2 is 2.33 bits per heavy atom. The first-order valence-corrected chi connectivity index (χ1v) is 6.42. The van der Waals surface area contributed by atoms with Crippen molar-refractivity contribution in [3.05, 3.63) is 30.1 Å². The Morgan fingerprint density at radius 3 is 3.06 bits per heavy atom. The predicted octanol–water partition coefficient (Wildman–Crippen LogP) is 2.18. The van der Waals surface area contributed by atoms with E-state index in [-0.39, 0.29) is 6.10 Å². The highest BCUT2D eigenvalue weighted by atomic mass is 16.5.